The molecular weight excluding hydrogens is 311 g/mol. The van der Waals surface area contributed by atoms with E-state index in [1.54, 1.807) is 18.2 Å². The average molecular weight is 332 g/mol. The number of ether oxygens (including phenoxy) is 1. The lowest BCUT2D eigenvalue weighted by molar-refractivity contribution is -0.928. The summed E-state index contributed by atoms with van der Waals surface area (Å²) in [5.41, 5.74) is 0.551. The van der Waals surface area contributed by atoms with E-state index in [2.05, 4.69) is 5.32 Å². The van der Waals surface area contributed by atoms with Crippen molar-refractivity contribution in [2.75, 3.05) is 18.4 Å². The highest BCUT2D eigenvalue weighted by molar-refractivity contribution is 6.35. The van der Waals surface area contributed by atoms with Crippen LogP contribution in [0.1, 0.15) is 20.8 Å². The molecule has 1 aliphatic heterocycles. The minimum Gasteiger partial charge on any atom is -0.364 e. The van der Waals surface area contributed by atoms with Gasteiger partial charge < -0.3 is 15.0 Å². The van der Waals surface area contributed by atoms with E-state index in [9.17, 15) is 4.79 Å². The maximum atomic E-state index is 12.4. The van der Waals surface area contributed by atoms with Crippen LogP contribution >= 0.6 is 23.2 Å². The summed E-state index contributed by atoms with van der Waals surface area (Å²) in [6.07, 6.45) is 0.322. The Balaban J connectivity index is 2.04. The fraction of sp³-hybridized carbons (Fsp3) is 0.533. The van der Waals surface area contributed by atoms with Gasteiger partial charge in [-0.1, -0.05) is 23.2 Å². The second-order valence-electron chi connectivity index (χ2n) is 5.66. The minimum atomic E-state index is -0.172. The number of nitrogens with one attached hydrogen (secondary N) is 2. The average Bonchev–Trinajstić information content (AvgIpc) is 2.41. The molecule has 0 unspecified atom stereocenters. The Kier molecular flexibility index (Phi) is 5.49. The molecule has 4 nitrogen and oxygen atoms in total. The summed E-state index contributed by atoms with van der Waals surface area (Å²) in [5.74, 6) is -0.0598. The van der Waals surface area contributed by atoms with Crippen LogP contribution in [-0.2, 0) is 9.53 Å². The Bertz CT molecular complexity index is 514. The normalized spacial score (nSPS) is 27.2. The molecule has 1 fully saturated rings. The Hall–Kier alpha value is -0.810. The van der Waals surface area contributed by atoms with Crippen molar-refractivity contribution in [1.82, 2.24) is 0 Å². The molecule has 0 bridgehead atoms. The van der Waals surface area contributed by atoms with Crippen molar-refractivity contribution in [3.8, 4) is 0 Å². The highest BCUT2D eigenvalue weighted by atomic mass is 35.5. The van der Waals surface area contributed by atoms with Crippen LogP contribution in [0.4, 0.5) is 5.69 Å². The summed E-state index contributed by atoms with van der Waals surface area (Å²) in [7, 11) is 0. The van der Waals surface area contributed by atoms with Crippen LogP contribution < -0.4 is 10.2 Å². The Morgan fingerprint density at radius 3 is 2.57 bits per heavy atom. The second kappa shape index (κ2) is 6.97. The van der Waals surface area contributed by atoms with Crippen molar-refractivity contribution in [3.05, 3.63) is 28.2 Å². The molecule has 6 heteroatoms. The molecule has 2 rings (SSSR count). The molecule has 0 aromatic heterocycles. The molecule has 0 radical (unpaired) electrons. The Morgan fingerprint density at radius 1 is 1.33 bits per heavy atom. The van der Waals surface area contributed by atoms with Crippen molar-refractivity contribution in [2.45, 2.75) is 39.0 Å². The van der Waals surface area contributed by atoms with Crippen molar-refractivity contribution in [2.24, 2.45) is 0 Å². The standard InChI is InChI=1S/C15H20Cl2N2O2/c1-9-7-19(8-10(2)21-9)11(3)15(20)18-14-6-12(16)4-5-13(14)17/h4-6,9-11H,7-8H2,1-3H3,(H,18,20)/p+1/t9-,10-,11+/m1/s1. The van der Waals surface area contributed by atoms with Crippen LogP contribution in [0.5, 0.6) is 0 Å². The number of halogens is 2. The van der Waals surface area contributed by atoms with Gasteiger partial charge in [0.2, 0.25) is 0 Å². The predicted octanol–water partition coefficient (Wildman–Crippen LogP) is 2.01. The molecule has 21 heavy (non-hydrogen) atoms. The molecular formula is C15H21Cl2N2O2+. The van der Waals surface area contributed by atoms with Gasteiger partial charge in [0.1, 0.15) is 25.3 Å². The van der Waals surface area contributed by atoms with Crippen LogP contribution in [0.15, 0.2) is 18.2 Å². The molecule has 116 valence electrons. The summed E-state index contributed by atoms with van der Waals surface area (Å²) in [5, 5.41) is 3.89. The summed E-state index contributed by atoms with van der Waals surface area (Å²) in [4.78, 5) is 13.6. The molecule has 2 N–H and O–H groups in total. The molecule has 0 spiro atoms. The monoisotopic (exact) mass is 331 g/mol. The number of morpholine rings is 1. The van der Waals surface area contributed by atoms with Crippen molar-refractivity contribution >= 4 is 34.8 Å². The van der Waals surface area contributed by atoms with E-state index in [1.165, 1.54) is 4.90 Å². The van der Waals surface area contributed by atoms with Crippen LogP contribution in [0.25, 0.3) is 0 Å². The first-order valence-corrected chi connectivity index (χ1v) is 7.88. The van der Waals surface area contributed by atoms with E-state index in [-0.39, 0.29) is 24.2 Å². The summed E-state index contributed by atoms with van der Waals surface area (Å²) >= 11 is 12.0. The van der Waals surface area contributed by atoms with Gasteiger partial charge in [-0.3, -0.25) is 4.79 Å². The molecule has 0 saturated carbocycles. The van der Waals surface area contributed by atoms with Gasteiger partial charge in [-0.15, -0.1) is 0 Å². The number of carbonyl (C=O) groups is 1. The first-order valence-electron chi connectivity index (χ1n) is 7.12. The third-order valence-electron chi connectivity index (χ3n) is 3.76. The summed E-state index contributed by atoms with van der Waals surface area (Å²) in [6.45, 7) is 7.64. The minimum absolute atomic E-state index is 0.0598. The van der Waals surface area contributed by atoms with Gasteiger partial charge >= 0.3 is 0 Å². The van der Waals surface area contributed by atoms with E-state index >= 15 is 0 Å². The highest BCUT2D eigenvalue weighted by Gasteiger charge is 2.33. The highest BCUT2D eigenvalue weighted by Crippen LogP contribution is 2.25. The fourth-order valence-corrected chi connectivity index (χ4v) is 3.02. The number of amides is 1. The largest absolute Gasteiger partial charge is 0.364 e. The number of benzene rings is 1. The van der Waals surface area contributed by atoms with Gasteiger partial charge in [-0.2, -0.15) is 0 Å². The SMILES string of the molecule is C[C@@H]1C[NH+]([C@@H](C)C(=O)Nc2cc(Cl)ccc2Cl)C[C@@H](C)O1. The molecule has 0 aliphatic carbocycles. The third kappa shape index (κ3) is 4.33. The first-order chi connectivity index (χ1) is 9.86. The molecule has 3 atom stereocenters. The number of rotatable bonds is 3. The topological polar surface area (TPSA) is 42.8 Å². The van der Waals surface area contributed by atoms with E-state index in [0.717, 1.165) is 13.1 Å². The van der Waals surface area contributed by atoms with Gasteiger partial charge in [-0.05, 0) is 39.0 Å². The van der Waals surface area contributed by atoms with Crippen LogP contribution in [0.2, 0.25) is 10.0 Å². The molecule has 1 aromatic rings. The van der Waals surface area contributed by atoms with E-state index < -0.39 is 0 Å². The number of carbonyl (C=O) groups excluding carboxylic acids is 1. The Morgan fingerprint density at radius 2 is 1.95 bits per heavy atom. The number of anilines is 1. The first kappa shape index (κ1) is 16.6. The summed E-state index contributed by atoms with van der Waals surface area (Å²) in [6, 6.07) is 4.86. The van der Waals surface area contributed by atoms with E-state index in [1.807, 2.05) is 20.8 Å². The van der Waals surface area contributed by atoms with Gasteiger partial charge in [0.05, 0.1) is 10.7 Å². The number of quaternary nitrogens is 1. The van der Waals surface area contributed by atoms with Gasteiger partial charge in [0.15, 0.2) is 6.04 Å². The van der Waals surface area contributed by atoms with Crippen LogP contribution in [-0.4, -0.2) is 37.2 Å². The zero-order valence-corrected chi connectivity index (χ0v) is 14.0. The molecule has 1 amide bonds. The fourth-order valence-electron chi connectivity index (χ4n) is 2.69. The zero-order chi connectivity index (χ0) is 15.6. The van der Waals surface area contributed by atoms with Crippen molar-refractivity contribution in [1.29, 1.82) is 0 Å². The lowest BCUT2D eigenvalue weighted by atomic mass is 10.1. The quantitative estimate of drug-likeness (QED) is 0.889. The van der Waals surface area contributed by atoms with Gasteiger partial charge in [0, 0.05) is 5.02 Å². The third-order valence-corrected chi connectivity index (χ3v) is 4.32. The predicted molar refractivity (Wildman–Crippen MR) is 85.3 cm³/mol. The smallest absolute Gasteiger partial charge is 0.282 e. The van der Waals surface area contributed by atoms with E-state index in [4.69, 9.17) is 27.9 Å². The molecule has 1 aromatic carbocycles. The van der Waals surface area contributed by atoms with Gasteiger partial charge in [0.25, 0.3) is 5.91 Å². The van der Waals surface area contributed by atoms with Gasteiger partial charge in [-0.25, -0.2) is 0 Å². The molecule has 1 saturated heterocycles. The molecule has 1 heterocycles. The van der Waals surface area contributed by atoms with Crippen molar-refractivity contribution in [3.63, 3.8) is 0 Å². The maximum Gasteiger partial charge on any atom is 0.282 e. The second-order valence-corrected chi connectivity index (χ2v) is 6.50. The Labute approximate surface area is 135 Å². The van der Waals surface area contributed by atoms with Crippen LogP contribution in [0.3, 0.4) is 0 Å². The van der Waals surface area contributed by atoms with Crippen LogP contribution in [0, 0.1) is 0 Å². The molecule has 1 aliphatic rings. The lowest BCUT2D eigenvalue weighted by Gasteiger charge is -2.35. The zero-order valence-electron chi connectivity index (χ0n) is 12.5. The maximum absolute atomic E-state index is 12.4. The van der Waals surface area contributed by atoms with E-state index in [0.29, 0.717) is 15.7 Å². The number of hydrogen-bond donors (Lipinski definition) is 2. The lowest BCUT2D eigenvalue weighted by Crippen LogP contribution is -3.19. The summed E-state index contributed by atoms with van der Waals surface area (Å²) < 4.78 is 5.71. The van der Waals surface area contributed by atoms with Crippen molar-refractivity contribution < 1.29 is 14.4 Å². The number of hydrogen-bond acceptors (Lipinski definition) is 2.